The van der Waals surface area contributed by atoms with Crippen molar-refractivity contribution in [2.45, 2.75) is 92.5 Å². The highest BCUT2D eigenvalue weighted by Gasteiger charge is 2.40. The molecule has 8 nitrogen and oxygen atoms in total. The first-order valence-electron chi connectivity index (χ1n) is 11.0. The molecule has 1 aliphatic rings. The Kier molecular flexibility index (Phi) is 9.78. The molecule has 0 aliphatic carbocycles. The van der Waals surface area contributed by atoms with Crippen LogP contribution >= 0.6 is 0 Å². The summed E-state index contributed by atoms with van der Waals surface area (Å²) in [5.41, 5.74) is 0. The Bertz CT molecular complexity index is 579. The second kappa shape index (κ2) is 11.3. The number of esters is 2. The van der Waals surface area contributed by atoms with E-state index in [9.17, 15) is 19.2 Å². The Balaban J connectivity index is 3.42. The summed E-state index contributed by atoms with van der Waals surface area (Å²) in [5, 5.41) is 5.39. The normalized spacial score (nSPS) is 28.6. The van der Waals surface area contributed by atoms with Crippen LogP contribution in [0.4, 0.5) is 0 Å². The first kappa shape index (κ1) is 25.9. The van der Waals surface area contributed by atoms with E-state index in [0.29, 0.717) is 12.8 Å². The minimum atomic E-state index is -1.08. The highest BCUT2D eigenvalue weighted by atomic mass is 16.6. The van der Waals surface area contributed by atoms with Crippen molar-refractivity contribution in [1.29, 1.82) is 0 Å². The molecule has 0 spiro atoms. The molecule has 0 aromatic heterocycles. The molecule has 1 aliphatic heterocycles. The summed E-state index contributed by atoms with van der Waals surface area (Å²) in [7, 11) is 0. The molecule has 1 rings (SSSR count). The SMILES string of the molecule is CC[C@H](C)[C@@H]1NC(=O)[C@H](C(C)C)OC(=O)[C@@H]([C@@H](C)CC)NC(=O)[C@H](C(C)C)OC1=O. The first-order chi connectivity index (χ1) is 13.9. The first-order valence-corrected chi connectivity index (χ1v) is 11.0. The Morgan fingerprint density at radius 2 is 0.967 bits per heavy atom. The number of cyclic esters (lactones) is 2. The van der Waals surface area contributed by atoms with Crippen molar-refractivity contribution in [2.75, 3.05) is 0 Å². The van der Waals surface area contributed by atoms with Crippen LogP contribution in [0.3, 0.4) is 0 Å². The molecular formula is C22H38N2O6. The molecule has 1 heterocycles. The maximum absolute atomic E-state index is 12.9. The largest absolute Gasteiger partial charge is 0.450 e. The van der Waals surface area contributed by atoms with Gasteiger partial charge in [-0.1, -0.05) is 68.2 Å². The van der Waals surface area contributed by atoms with Crippen LogP contribution in [0, 0.1) is 23.7 Å². The van der Waals surface area contributed by atoms with Gasteiger partial charge in [0.05, 0.1) is 0 Å². The third-order valence-corrected chi connectivity index (χ3v) is 5.74. The molecule has 2 N–H and O–H groups in total. The molecular weight excluding hydrogens is 388 g/mol. The Hall–Kier alpha value is -2.12. The quantitative estimate of drug-likeness (QED) is 0.630. The summed E-state index contributed by atoms with van der Waals surface area (Å²) in [4.78, 5) is 51.7. The number of hydrogen-bond donors (Lipinski definition) is 2. The summed E-state index contributed by atoms with van der Waals surface area (Å²) in [6, 6.07) is -1.89. The van der Waals surface area contributed by atoms with Crippen molar-refractivity contribution in [2.24, 2.45) is 23.7 Å². The van der Waals surface area contributed by atoms with Crippen molar-refractivity contribution in [3.8, 4) is 0 Å². The number of rotatable bonds is 6. The van der Waals surface area contributed by atoms with Gasteiger partial charge in [-0.15, -0.1) is 0 Å². The van der Waals surface area contributed by atoms with Crippen molar-refractivity contribution >= 4 is 23.8 Å². The third-order valence-electron chi connectivity index (χ3n) is 5.74. The fourth-order valence-electron chi connectivity index (χ4n) is 3.19. The molecule has 1 fully saturated rings. The molecule has 2 amide bonds. The van der Waals surface area contributed by atoms with Gasteiger partial charge < -0.3 is 20.1 Å². The molecule has 6 atom stereocenters. The molecule has 0 aromatic carbocycles. The van der Waals surface area contributed by atoms with Crippen LogP contribution in [-0.4, -0.2) is 48.0 Å². The number of hydrogen-bond acceptors (Lipinski definition) is 6. The van der Waals surface area contributed by atoms with Gasteiger partial charge in [-0.25, -0.2) is 9.59 Å². The molecule has 172 valence electrons. The van der Waals surface area contributed by atoms with E-state index in [4.69, 9.17) is 9.47 Å². The molecule has 0 unspecified atom stereocenters. The zero-order valence-electron chi connectivity index (χ0n) is 19.5. The molecule has 0 saturated carbocycles. The molecule has 30 heavy (non-hydrogen) atoms. The number of nitrogens with one attached hydrogen (secondary N) is 2. The van der Waals surface area contributed by atoms with Gasteiger partial charge in [-0.2, -0.15) is 0 Å². The second-order valence-corrected chi connectivity index (χ2v) is 8.95. The van der Waals surface area contributed by atoms with Gasteiger partial charge in [-0.3, -0.25) is 9.59 Å². The minimum absolute atomic E-state index is 0.225. The van der Waals surface area contributed by atoms with Gasteiger partial charge >= 0.3 is 11.9 Å². The number of ether oxygens (including phenoxy) is 2. The predicted molar refractivity (Wildman–Crippen MR) is 112 cm³/mol. The lowest BCUT2D eigenvalue weighted by molar-refractivity contribution is -0.170. The predicted octanol–water partition coefficient (Wildman–Crippen LogP) is 2.20. The van der Waals surface area contributed by atoms with E-state index in [-0.39, 0.29) is 23.7 Å². The summed E-state index contributed by atoms with van der Waals surface area (Å²) in [6.07, 6.45) is -0.942. The average Bonchev–Trinajstić information content (AvgIpc) is 2.69. The van der Waals surface area contributed by atoms with Gasteiger partial charge in [0.15, 0.2) is 12.2 Å². The van der Waals surface area contributed by atoms with Crippen molar-refractivity contribution < 1.29 is 28.7 Å². The van der Waals surface area contributed by atoms with E-state index in [1.165, 1.54) is 0 Å². The van der Waals surface area contributed by atoms with E-state index < -0.39 is 48.0 Å². The van der Waals surface area contributed by atoms with Crippen LogP contribution in [0.25, 0.3) is 0 Å². The second-order valence-electron chi connectivity index (χ2n) is 8.95. The lowest BCUT2D eigenvalue weighted by Gasteiger charge is -2.32. The van der Waals surface area contributed by atoms with E-state index in [1.807, 2.05) is 27.7 Å². The third kappa shape index (κ3) is 6.44. The average molecular weight is 427 g/mol. The van der Waals surface area contributed by atoms with Crippen LogP contribution in [0.5, 0.6) is 0 Å². The van der Waals surface area contributed by atoms with Crippen molar-refractivity contribution in [3.63, 3.8) is 0 Å². The fraction of sp³-hybridized carbons (Fsp3) is 0.818. The Morgan fingerprint density at radius 1 is 0.667 bits per heavy atom. The molecule has 8 heteroatoms. The maximum atomic E-state index is 12.9. The highest BCUT2D eigenvalue weighted by molar-refractivity contribution is 5.93. The van der Waals surface area contributed by atoms with Crippen molar-refractivity contribution in [3.05, 3.63) is 0 Å². The van der Waals surface area contributed by atoms with E-state index in [2.05, 4.69) is 10.6 Å². The van der Waals surface area contributed by atoms with Gasteiger partial charge in [0, 0.05) is 0 Å². The van der Waals surface area contributed by atoms with E-state index in [0.717, 1.165) is 0 Å². The zero-order valence-corrected chi connectivity index (χ0v) is 19.5. The van der Waals surface area contributed by atoms with Gasteiger partial charge in [0.25, 0.3) is 11.8 Å². The van der Waals surface area contributed by atoms with Crippen LogP contribution in [0.15, 0.2) is 0 Å². The topological polar surface area (TPSA) is 111 Å². The summed E-state index contributed by atoms with van der Waals surface area (Å²) < 4.78 is 11.1. The van der Waals surface area contributed by atoms with Gasteiger partial charge in [0.2, 0.25) is 0 Å². The van der Waals surface area contributed by atoms with E-state index in [1.54, 1.807) is 27.7 Å². The van der Waals surface area contributed by atoms with Gasteiger partial charge in [-0.05, 0) is 23.7 Å². The van der Waals surface area contributed by atoms with Crippen LogP contribution < -0.4 is 10.6 Å². The smallest absolute Gasteiger partial charge is 0.329 e. The fourth-order valence-corrected chi connectivity index (χ4v) is 3.19. The number of carbonyl (C=O) groups excluding carboxylic acids is 4. The zero-order chi connectivity index (χ0) is 23.2. The monoisotopic (exact) mass is 426 g/mol. The Morgan fingerprint density at radius 3 is 1.20 bits per heavy atom. The lowest BCUT2D eigenvalue weighted by Crippen LogP contribution is -2.57. The molecule has 0 radical (unpaired) electrons. The number of carbonyl (C=O) groups is 4. The summed E-state index contributed by atoms with van der Waals surface area (Å²) in [5.74, 6) is -3.51. The standard InChI is InChI=1S/C22H38N2O6/c1-9-13(7)15-21(27)29-18(12(5)6)20(26)24-16(14(8)10-2)22(28)30-17(11(3)4)19(25)23-15/h11-18H,9-10H2,1-8H3,(H,23,25)(H,24,26)/t13-,14-,15-,16+,17-,18-/m0/s1. The summed E-state index contributed by atoms with van der Waals surface area (Å²) in [6.45, 7) is 14.4. The molecule has 0 aromatic rings. The summed E-state index contributed by atoms with van der Waals surface area (Å²) >= 11 is 0. The van der Waals surface area contributed by atoms with Crippen LogP contribution in [-0.2, 0) is 28.7 Å². The Labute approximate surface area is 179 Å². The number of amides is 2. The van der Waals surface area contributed by atoms with Crippen LogP contribution in [0.2, 0.25) is 0 Å². The lowest BCUT2D eigenvalue weighted by atomic mass is 9.96. The maximum Gasteiger partial charge on any atom is 0.329 e. The van der Waals surface area contributed by atoms with E-state index >= 15 is 0 Å². The molecule has 1 saturated heterocycles. The van der Waals surface area contributed by atoms with Crippen LogP contribution in [0.1, 0.15) is 68.2 Å². The molecule has 0 bridgehead atoms. The minimum Gasteiger partial charge on any atom is -0.450 e. The highest BCUT2D eigenvalue weighted by Crippen LogP contribution is 2.19. The van der Waals surface area contributed by atoms with Crippen molar-refractivity contribution in [1.82, 2.24) is 10.6 Å². The van der Waals surface area contributed by atoms with Gasteiger partial charge in [0.1, 0.15) is 12.1 Å².